The van der Waals surface area contributed by atoms with Gasteiger partial charge in [0.15, 0.2) is 6.04 Å². The SMILES string of the molecule is CCN(CC)C(=O)[C@@H]([NH2+][C@H](C)c1ccc(OC)c(Br)c1)c1ccccc1. The minimum Gasteiger partial charge on any atom is -0.496 e. The van der Waals surface area contributed by atoms with Crippen LogP contribution in [-0.4, -0.2) is 31.0 Å². The molecule has 0 bridgehead atoms. The Kier molecular flexibility index (Phi) is 7.66. The van der Waals surface area contributed by atoms with E-state index in [4.69, 9.17) is 4.74 Å². The second-order valence-corrected chi connectivity index (χ2v) is 7.13. The first-order valence-electron chi connectivity index (χ1n) is 9.03. The van der Waals surface area contributed by atoms with E-state index in [0.29, 0.717) is 0 Å². The summed E-state index contributed by atoms with van der Waals surface area (Å²) in [5.41, 5.74) is 2.18. The molecular weight excluding hydrogens is 392 g/mol. The molecule has 2 aromatic rings. The van der Waals surface area contributed by atoms with E-state index in [1.807, 2.05) is 55.1 Å². The van der Waals surface area contributed by atoms with E-state index in [0.717, 1.165) is 34.4 Å². The fraction of sp³-hybridized carbons (Fsp3) is 0.381. The molecule has 0 fully saturated rings. The average molecular weight is 420 g/mol. The highest BCUT2D eigenvalue weighted by atomic mass is 79.9. The number of hydrogen-bond acceptors (Lipinski definition) is 2. The van der Waals surface area contributed by atoms with Gasteiger partial charge in [0.2, 0.25) is 0 Å². The second-order valence-electron chi connectivity index (χ2n) is 6.27. The Hall–Kier alpha value is -1.85. The van der Waals surface area contributed by atoms with Crippen molar-refractivity contribution in [3.05, 3.63) is 64.1 Å². The first-order chi connectivity index (χ1) is 12.5. The van der Waals surface area contributed by atoms with Gasteiger partial charge in [0.05, 0.1) is 11.6 Å². The molecule has 0 unspecified atom stereocenters. The first-order valence-corrected chi connectivity index (χ1v) is 9.83. The molecule has 2 atom stereocenters. The van der Waals surface area contributed by atoms with Gasteiger partial charge >= 0.3 is 0 Å². The van der Waals surface area contributed by atoms with Gasteiger partial charge in [-0.05, 0) is 54.9 Å². The topological polar surface area (TPSA) is 46.2 Å². The molecule has 0 spiro atoms. The lowest BCUT2D eigenvalue weighted by Gasteiger charge is -2.26. The lowest BCUT2D eigenvalue weighted by atomic mass is 10.0. The summed E-state index contributed by atoms with van der Waals surface area (Å²) in [6, 6.07) is 15.9. The lowest BCUT2D eigenvalue weighted by molar-refractivity contribution is -0.719. The van der Waals surface area contributed by atoms with Crippen LogP contribution in [-0.2, 0) is 4.79 Å². The van der Waals surface area contributed by atoms with Crippen molar-refractivity contribution in [1.29, 1.82) is 0 Å². The number of carbonyl (C=O) groups is 1. The maximum absolute atomic E-state index is 13.1. The molecule has 0 aromatic heterocycles. The van der Waals surface area contributed by atoms with Crippen LogP contribution in [0, 0.1) is 0 Å². The van der Waals surface area contributed by atoms with Crippen LogP contribution in [0.4, 0.5) is 0 Å². The number of hydrogen-bond donors (Lipinski definition) is 1. The number of carbonyl (C=O) groups excluding carboxylic acids is 1. The van der Waals surface area contributed by atoms with E-state index >= 15 is 0 Å². The highest BCUT2D eigenvalue weighted by molar-refractivity contribution is 9.10. The molecule has 0 heterocycles. The van der Waals surface area contributed by atoms with Gasteiger partial charge in [0, 0.05) is 24.2 Å². The molecule has 26 heavy (non-hydrogen) atoms. The summed E-state index contributed by atoms with van der Waals surface area (Å²) in [6.07, 6.45) is 0. The van der Waals surface area contributed by atoms with Gasteiger partial charge in [-0.15, -0.1) is 0 Å². The van der Waals surface area contributed by atoms with E-state index in [1.54, 1.807) is 7.11 Å². The summed E-state index contributed by atoms with van der Waals surface area (Å²) >= 11 is 3.55. The Labute approximate surface area is 164 Å². The van der Waals surface area contributed by atoms with E-state index in [-0.39, 0.29) is 18.0 Å². The number of amides is 1. The fourth-order valence-electron chi connectivity index (χ4n) is 3.09. The summed E-state index contributed by atoms with van der Waals surface area (Å²) in [6.45, 7) is 7.60. The largest absolute Gasteiger partial charge is 0.496 e. The smallest absolute Gasteiger partial charge is 0.285 e. The van der Waals surface area contributed by atoms with Gasteiger partial charge in [0.25, 0.3) is 5.91 Å². The second kappa shape index (κ2) is 9.74. The molecule has 0 aliphatic carbocycles. The number of likely N-dealkylation sites (N-methyl/N-ethyl adjacent to an activating group) is 1. The number of ether oxygens (including phenoxy) is 1. The van der Waals surface area contributed by atoms with Gasteiger partial charge in [-0.25, -0.2) is 0 Å². The van der Waals surface area contributed by atoms with Crippen molar-refractivity contribution in [2.75, 3.05) is 20.2 Å². The Morgan fingerprint density at radius 2 is 1.77 bits per heavy atom. The fourth-order valence-corrected chi connectivity index (χ4v) is 3.65. The van der Waals surface area contributed by atoms with Crippen LogP contribution in [0.1, 0.15) is 44.0 Å². The minimum absolute atomic E-state index is 0.127. The number of quaternary nitrogens is 1. The van der Waals surface area contributed by atoms with Crippen LogP contribution >= 0.6 is 15.9 Å². The van der Waals surface area contributed by atoms with Crippen molar-refractivity contribution in [2.45, 2.75) is 32.9 Å². The van der Waals surface area contributed by atoms with Crippen LogP contribution in [0.25, 0.3) is 0 Å². The molecular formula is C21H28BrN2O2+. The standard InChI is InChI=1S/C21H27BrN2O2/c1-5-24(6-2)21(25)20(16-10-8-7-9-11-16)23-15(3)17-12-13-19(26-4)18(22)14-17/h7-15,20,23H,5-6H2,1-4H3/p+1/t15-,20+/m1/s1. The number of methoxy groups -OCH3 is 1. The van der Waals surface area contributed by atoms with Crippen LogP contribution in [0.5, 0.6) is 5.75 Å². The highest BCUT2D eigenvalue weighted by Gasteiger charge is 2.30. The van der Waals surface area contributed by atoms with Crippen LogP contribution in [0.3, 0.4) is 0 Å². The van der Waals surface area contributed by atoms with Gasteiger partial charge in [-0.3, -0.25) is 4.79 Å². The zero-order valence-corrected chi connectivity index (χ0v) is 17.5. The molecule has 0 aliphatic rings. The number of nitrogens with zero attached hydrogens (tertiary/aromatic N) is 1. The zero-order chi connectivity index (χ0) is 19.1. The van der Waals surface area contributed by atoms with Crippen LogP contribution < -0.4 is 10.1 Å². The zero-order valence-electron chi connectivity index (χ0n) is 15.9. The third-order valence-electron chi connectivity index (χ3n) is 4.68. The molecule has 2 N–H and O–H groups in total. The van der Waals surface area contributed by atoms with Gasteiger partial charge in [-0.1, -0.05) is 30.3 Å². The highest BCUT2D eigenvalue weighted by Crippen LogP contribution is 2.27. The van der Waals surface area contributed by atoms with Crippen molar-refractivity contribution < 1.29 is 14.8 Å². The minimum atomic E-state index is -0.257. The third kappa shape index (κ3) is 4.86. The van der Waals surface area contributed by atoms with Crippen molar-refractivity contribution in [2.24, 2.45) is 0 Å². The molecule has 0 saturated heterocycles. The Morgan fingerprint density at radius 3 is 2.31 bits per heavy atom. The normalized spacial score (nSPS) is 13.1. The van der Waals surface area contributed by atoms with Crippen LogP contribution in [0.15, 0.2) is 53.0 Å². The summed E-state index contributed by atoms with van der Waals surface area (Å²) in [4.78, 5) is 15.0. The van der Waals surface area contributed by atoms with Crippen molar-refractivity contribution in [3.8, 4) is 5.75 Å². The Morgan fingerprint density at radius 1 is 1.12 bits per heavy atom. The van der Waals surface area contributed by atoms with Gasteiger partial charge in [0.1, 0.15) is 11.8 Å². The Bertz CT molecular complexity index is 717. The summed E-state index contributed by atoms with van der Waals surface area (Å²) in [5, 5.41) is 2.14. The summed E-state index contributed by atoms with van der Waals surface area (Å²) < 4.78 is 6.23. The molecule has 0 radical (unpaired) electrons. The Balaban J connectivity index is 2.28. The quantitative estimate of drug-likeness (QED) is 0.708. The molecule has 2 rings (SSSR count). The van der Waals surface area contributed by atoms with E-state index in [9.17, 15) is 4.79 Å². The number of halogens is 1. The lowest BCUT2D eigenvalue weighted by Crippen LogP contribution is -2.88. The van der Waals surface area contributed by atoms with E-state index < -0.39 is 0 Å². The number of rotatable bonds is 8. The first kappa shape index (κ1) is 20.5. The van der Waals surface area contributed by atoms with E-state index in [2.05, 4.69) is 40.3 Å². The average Bonchev–Trinajstić information content (AvgIpc) is 2.67. The van der Waals surface area contributed by atoms with Crippen molar-refractivity contribution in [3.63, 3.8) is 0 Å². The van der Waals surface area contributed by atoms with Gasteiger partial charge in [-0.2, -0.15) is 0 Å². The predicted octanol–water partition coefficient (Wildman–Crippen LogP) is 3.69. The molecule has 0 aliphatic heterocycles. The summed E-state index contributed by atoms with van der Waals surface area (Å²) in [7, 11) is 1.66. The number of nitrogens with two attached hydrogens (primary N) is 1. The van der Waals surface area contributed by atoms with Crippen molar-refractivity contribution >= 4 is 21.8 Å². The maximum Gasteiger partial charge on any atom is 0.285 e. The predicted molar refractivity (Wildman–Crippen MR) is 108 cm³/mol. The third-order valence-corrected chi connectivity index (χ3v) is 5.30. The van der Waals surface area contributed by atoms with Crippen molar-refractivity contribution in [1.82, 2.24) is 4.90 Å². The monoisotopic (exact) mass is 419 g/mol. The molecule has 140 valence electrons. The van der Waals surface area contributed by atoms with Crippen LogP contribution in [0.2, 0.25) is 0 Å². The molecule has 2 aromatic carbocycles. The molecule has 5 heteroatoms. The molecule has 1 amide bonds. The number of benzene rings is 2. The molecule has 4 nitrogen and oxygen atoms in total. The van der Waals surface area contributed by atoms with E-state index in [1.165, 1.54) is 0 Å². The maximum atomic E-state index is 13.1. The van der Waals surface area contributed by atoms with Gasteiger partial charge < -0.3 is 15.0 Å². The molecule has 0 saturated carbocycles. The summed E-state index contributed by atoms with van der Waals surface area (Å²) in [5.74, 6) is 0.959.